The largest absolute Gasteiger partial charge is 0.481 e. The molecule has 0 saturated carbocycles. The van der Waals surface area contributed by atoms with Crippen LogP contribution in [0.4, 0.5) is 10.5 Å². The number of amides is 2. The zero-order valence-electron chi connectivity index (χ0n) is 15.3. The Morgan fingerprint density at radius 1 is 1.25 bits per heavy atom. The fourth-order valence-corrected chi connectivity index (χ4v) is 3.04. The summed E-state index contributed by atoms with van der Waals surface area (Å²) in [5.74, 6) is 0.155. The molecule has 2 N–H and O–H groups in total. The van der Waals surface area contributed by atoms with Crippen molar-refractivity contribution >= 4 is 62.4 Å². The van der Waals surface area contributed by atoms with Crippen LogP contribution in [-0.4, -0.2) is 31.4 Å². The van der Waals surface area contributed by atoms with Crippen LogP contribution in [0.25, 0.3) is 0 Å². The Labute approximate surface area is 185 Å². The Balaban J connectivity index is 1.87. The summed E-state index contributed by atoms with van der Waals surface area (Å²) in [6, 6.07) is 10.4. The topological polar surface area (TPSA) is 89.0 Å². The summed E-state index contributed by atoms with van der Waals surface area (Å²) in [6.07, 6.45) is 1.52. The van der Waals surface area contributed by atoms with Crippen molar-refractivity contribution in [2.24, 2.45) is 5.10 Å². The highest BCUT2D eigenvalue weighted by Crippen LogP contribution is 2.22. The number of nitrogens with zero attached hydrogens (tertiary/aromatic N) is 1. The van der Waals surface area contributed by atoms with Gasteiger partial charge in [-0.3, -0.25) is 0 Å². The third-order valence-electron chi connectivity index (χ3n) is 3.40. The van der Waals surface area contributed by atoms with Gasteiger partial charge in [0.15, 0.2) is 6.61 Å². The van der Waals surface area contributed by atoms with Crippen molar-refractivity contribution in [3.63, 3.8) is 0 Å². The summed E-state index contributed by atoms with van der Waals surface area (Å²) in [4.78, 5) is 23.3. The number of anilines is 1. The SMILES string of the molecule is CCOC(=O)COc1ccc(/C=N/NC(=O)Nc2ccc(Br)c(C)c2)cc1I. The van der Waals surface area contributed by atoms with Crippen LogP contribution in [0.15, 0.2) is 46.0 Å². The van der Waals surface area contributed by atoms with Gasteiger partial charge in [-0.1, -0.05) is 15.9 Å². The van der Waals surface area contributed by atoms with Crippen molar-refractivity contribution < 1.29 is 19.1 Å². The average Bonchev–Trinajstić information content (AvgIpc) is 2.64. The number of nitrogens with one attached hydrogen (secondary N) is 2. The Morgan fingerprint density at radius 2 is 2.04 bits per heavy atom. The molecule has 0 fully saturated rings. The Kier molecular flexibility index (Phi) is 8.71. The molecule has 0 atom stereocenters. The van der Waals surface area contributed by atoms with Crippen LogP contribution in [0, 0.1) is 10.5 Å². The number of hydrogen-bond acceptors (Lipinski definition) is 5. The number of urea groups is 1. The molecule has 2 aromatic rings. The zero-order valence-corrected chi connectivity index (χ0v) is 19.0. The molecule has 9 heteroatoms. The lowest BCUT2D eigenvalue weighted by Gasteiger charge is -2.08. The molecular formula is C19H19BrIN3O4. The zero-order chi connectivity index (χ0) is 20.5. The van der Waals surface area contributed by atoms with Gasteiger partial charge >= 0.3 is 12.0 Å². The van der Waals surface area contributed by atoms with E-state index >= 15 is 0 Å². The van der Waals surface area contributed by atoms with Crippen molar-refractivity contribution in [3.8, 4) is 5.75 Å². The normalized spacial score (nSPS) is 10.6. The first kappa shape index (κ1) is 22.2. The maximum atomic E-state index is 11.9. The number of ether oxygens (including phenoxy) is 2. The van der Waals surface area contributed by atoms with Gasteiger partial charge in [0.25, 0.3) is 0 Å². The second-order valence-corrected chi connectivity index (χ2v) is 7.59. The molecular weight excluding hydrogens is 541 g/mol. The van der Waals surface area contributed by atoms with Gasteiger partial charge in [-0.05, 0) is 84.0 Å². The number of carbonyl (C=O) groups excluding carboxylic acids is 2. The fraction of sp³-hybridized carbons (Fsp3) is 0.211. The predicted molar refractivity (Wildman–Crippen MR) is 120 cm³/mol. The molecule has 0 aliphatic carbocycles. The smallest absolute Gasteiger partial charge is 0.344 e. The van der Waals surface area contributed by atoms with Gasteiger partial charge in [0.2, 0.25) is 0 Å². The van der Waals surface area contributed by atoms with Crippen LogP contribution in [-0.2, 0) is 9.53 Å². The lowest BCUT2D eigenvalue weighted by atomic mass is 10.2. The first-order valence-electron chi connectivity index (χ1n) is 8.33. The number of carbonyl (C=O) groups is 2. The lowest BCUT2D eigenvalue weighted by molar-refractivity contribution is -0.145. The van der Waals surface area contributed by atoms with E-state index in [1.54, 1.807) is 25.1 Å². The molecule has 2 aromatic carbocycles. The molecule has 0 spiro atoms. The first-order valence-corrected chi connectivity index (χ1v) is 10.2. The molecule has 0 aliphatic heterocycles. The molecule has 0 saturated heterocycles. The van der Waals surface area contributed by atoms with Crippen molar-refractivity contribution in [3.05, 3.63) is 55.6 Å². The summed E-state index contributed by atoms with van der Waals surface area (Å²) < 4.78 is 12.0. The van der Waals surface area contributed by atoms with E-state index in [1.165, 1.54) is 6.21 Å². The van der Waals surface area contributed by atoms with Gasteiger partial charge in [-0.2, -0.15) is 5.10 Å². The minimum absolute atomic E-state index is 0.144. The Bertz CT molecular complexity index is 889. The molecule has 28 heavy (non-hydrogen) atoms. The van der Waals surface area contributed by atoms with Gasteiger partial charge in [-0.25, -0.2) is 15.0 Å². The lowest BCUT2D eigenvalue weighted by Crippen LogP contribution is -2.24. The predicted octanol–water partition coefficient (Wildman–Crippen LogP) is 4.46. The molecule has 0 radical (unpaired) electrons. The van der Waals surface area contributed by atoms with Crippen molar-refractivity contribution in [2.75, 3.05) is 18.5 Å². The molecule has 0 aromatic heterocycles. The summed E-state index contributed by atoms with van der Waals surface area (Å²) in [5, 5.41) is 6.64. The summed E-state index contributed by atoms with van der Waals surface area (Å²) in [6.45, 7) is 3.85. The van der Waals surface area contributed by atoms with Gasteiger partial charge < -0.3 is 14.8 Å². The van der Waals surface area contributed by atoms with E-state index in [1.807, 2.05) is 25.1 Å². The molecule has 0 heterocycles. The molecule has 0 unspecified atom stereocenters. The van der Waals surface area contributed by atoms with Gasteiger partial charge in [-0.15, -0.1) is 0 Å². The monoisotopic (exact) mass is 559 g/mol. The standard InChI is InChI=1S/C19H19BrIN3O4/c1-3-27-18(25)11-28-17-7-4-13(9-16(17)21)10-22-24-19(26)23-14-5-6-15(20)12(2)8-14/h4-10H,3,11H2,1-2H3,(H2,23,24,26)/b22-10+. The molecule has 0 bridgehead atoms. The van der Waals surface area contributed by atoms with Crippen molar-refractivity contribution in [2.45, 2.75) is 13.8 Å². The first-order chi connectivity index (χ1) is 13.4. The van der Waals surface area contributed by atoms with E-state index in [0.29, 0.717) is 18.0 Å². The summed E-state index contributed by atoms with van der Waals surface area (Å²) in [5.41, 5.74) is 4.87. The number of halogens is 2. The van der Waals surface area contributed by atoms with Crippen LogP contribution in [0.5, 0.6) is 5.75 Å². The van der Waals surface area contributed by atoms with Gasteiger partial charge in [0, 0.05) is 10.2 Å². The van der Waals surface area contributed by atoms with Crippen molar-refractivity contribution in [1.82, 2.24) is 5.43 Å². The number of rotatable bonds is 7. The van der Waals surface area contributed by atoms with E-state index in [2.05, 4.69) is 54.4 Å². The van der Waals surface area contributed by atoms with Gasteiger partial charge in [0.05, 0.1) is 16.4 Å². The van der Waals surface area contributed by atoms with Crippen LogP contribution in [0.3, 0.4) is 0 Å². The Hall–Kier alpha value is -2.14. The van der Waals surface area contributed by atoms with E-state index in [-0.39, 0.29) is 6.61 Å². The minimum Gasteiger partial charge on any atom is -0.481 e. The maximum absolute atomic E-state index is 11.9. The van der Waals surface area contributed by atoms with E-state index in [9.17, 15) is 9.59 Å². The van der Waals surface area contributed by atoms with E-state index in [4.69, 9.17) is 9.47 Å². The maximum Gasteiger partial charge on any atom is 0.344 e. The highest BCUT2D eigenvalue weighted by molar-refractivity contribution is 14.1. The molecule has 148 valence electrons. The van der Waals surface area contributed by atoms with E-state index < -0.39 is 12.0 Å². The highest BCUT2D eigenvalue weighted by Gasteiger charge is 2.07. The summed E-state index contributed by atoms with van der Waals surface area (Å²) >= 11 is 5.51. The minimum atomic E-state index is -0.443. The second kappa shape index (κ2) is 11.0. The summed E-state index contributed by atoms with van der Waals surface area (Å²) in [7, 11) is 0. The molecule has 2 rings (SSSR count). The number of esters is 1. The van der Waals surface area contributed by atoms with Crippen LogP contribution in [0.2, 0.25) is 0 Å². The van der Waals surface area contributed by atoms with Crippen LogP contribution >= 0.6 is 38.5 Å². The highest BCUT2D eigenvalue weighted by atomic mass is 127. The van der Waals surface area contributed by atoms with Crippen LogP contribution in [0.1, 0.15) is 18.1 Å². The van der Waals surface area contributed by atoms with Crippen molar-refractivity contribution in [1.29, 1.82) is 0 Å². The number of hydrazone groups is 1. The molecule has 0 aliphatic rings. The van der Waals surface area contributed by atoms with Crippen LogP contribution < -0.4 is 15.5 Å². The average molecular weight is 560 g/mol. The second-order valence-electron chi connectivity index (χ2n) is 5.57. The molecule has 2 amide bonds. The fourth-order valence-electron chi connectivity index (χ4n) is 2.10. The molecule has 7 nitrogen and oxygen atoms in total. The third kappa shape index (κ3) is 7.12. The quantitative estimate of drug-likeness (QED) is 0.227. The Morgan fingerprint density at radius 3 is 2.71 bits per heavy atom. The van der Waals surface area contributed by atoms with Gasteiger partial charge in [0.1, 0.15) is 5.75 Å². The van der Waals surface area contributed by atoms with E-state index in [0.717, 1.165) is 19.2 Å². The third-order valence-corrected chi connectivity index (χ3v) is 5.14. The number of benzene rings is 2. The number of hydrogen-bond donors (Lipinski definition) is 2. The number of aryl methyl sites for hydroxylation is 1.